The summed E-state index contributed by atoms with van der Waals surface area (Å²) in [5.41, 5.74) is 2.96. The van der Waals surface area contributed by atoms with E-state index in [-0.39, 0.29) is 0 Å². The summed E-state index contributed by atoms with van der Waals surface area (Å²) in [5.74, 6) is 0.551. The fourth-order valence-electron chi connectivity index (χ4n) is 1.52. The average Bonchev–Trinajstić information content (AvgIpc) is 2.99. The smallest absolute Gasteiger partial charge is 0.220 e. The number of allylic oxidation sites excluding steroid dienone is 5. The zero-order chi connectivity index (χ0) is 12.1. The van der Waals surface area contributed by atoms with Gasteiger partial charge in [-0.1, -0.05) is 30.9 Å². The van der Waals surface area contributed by atoms with Crippen LogP contribution in [0.1, 0.15) is 12.5 Å². The minimum atomic E-state index is 0.551. The van der Waals surface area contributed by atoms with Crippen LogP contribution in [0.3, 0.4) is 0 Å². The lowest BCUT2D eigenvalue weighted by Crippen LogP contribution is -1.79. The Kier molecular flexibility index (Phi) is 3.30. The van der Waals surface area contributed by atoms with E-state index in [0.717, 1.165) is 16.8 Å². The van der Waals surface area contributed by atoms with Crippen molar-refractivity contribution in [2.45, 2.75) is 6.92 Å². The molecule has 0 fully saturated rings. The summed E-state index contributed by atoms with van der Waals surface area (Å²) in [6.45, 7) is 5.68. The molecule has 2 heterocycles. The average molecular weight is 227 g/mol. The Bertz CT molecular complexity index is 545. The first-order valence-corrected chi connectivity index (χ1v) is 5.23. The highest BCUT2D eigenvalue weighted by molar-refractivity contribution is 5.77. The Balaban J connectivity index is 2.35. The SMILES string of the molecule is C=C/C=C(\C=C/C)c1c[nH]c(-c2nn[nH]n2)c1. The topological polar surface area (TPSA) is 70.2 Å². The van der Waals surface area contributed by atoms with Gasteiger partial charge in [0.2, 0.25) is 5.82 Å². The summed E-state index contributed by atoms with van der Waals surface area (Å²) in [5, 5.41) is 13.8. The van der Waals surface area contributed by atoms with Crippen LogP contribution in [0.25, 0.3) is 17.1 Å². The van der Waals surface area contributed by atoms with Gasteiger partial charge in [0.15, 0.2) is 0 Å². The fourth-order valence-corrected chi connectivity index (χ4v) is 1.52. The van der Waals surface area contributed by atoms with E-state index in [2.05, 4.69) is 32.2 Å². The summed E-state index contributed by atoms with van der Waals surface area (Å²) in [4.78, 5) is 3.11. The number of hydrogen-bond donors (Lipinski definition) is 2. The van der Waals surface area contributed by atoms with Gasteiger partial charge >= 0.3 is 0 Å². The molecule has 0 aromatic carbocycles. The highest BCUT2D eigenvalue weighted by Crippen LogP contribution is 2.21. The molecule has 0 bridgehead atoms. The minimum absolute atomic E-state index is 0.551. The maximum atomic E-state index is 3.92. The van der Waals surface area contributed by atoms with Gasteiger partial charge in [-0.05, 0) is 29.3 Å². The van der Waals surface area contributed by atoms with Gasteiger partial charge in [0.05, 0.1) is 5.69 Å². The van der Waals surface area contributed by atoms with Crippen molar-refractivity contribution < 1.29 is 0 Å². The largest absolute Gasteiger partial charge is 0.358 e. The zero-order valence-corrected chi connectivity index (χ0v) is 9.51. The first kappa shape index (κ1) is 11.1. The lowest BCUT2D eigenvalue weighted by Gasteiger charge is -1.95. The predicted octanol–water partition coefficient (Wildman–Crippen LogP) is 2.34. The van der Waals surface area contributed by atoms with Crippen molar-refractivity contribution in [3.8, 4) is 11.5 Å². The number of aromatic amines is 2. The van der Waals surface area contributed by atoms with Gasteiger partial charge in [-0.3, -0.25) is 0 Å². The van der Waals surface area contributed by atoms with Crippen LogP contribution in [0.15, 0.2) is 43.1 Å². The molecule has 0 amide bonds. The second-order valence-electron chi connectivity index (χ2n) is 3.40. The van der Waals surface area contributed by atoms with E-state index < -0.39 is 0 Å². The Labute approximate surface area is 99.0 Å². The van der Waals surface area contributed by atoms with Crippen LogP contribution in [0.4, 0.5) is 0 Å². The number of tetrazole rings is 1. The monoisotopic (exact) mass is 227 g/mol. The molecule has 0 saturated carbocycles. The van der Waals surface area contributed by atoms with Crippen molar-refractivity contribution in [3.63, 3.8) is 0 Å². The summed E-state index contributed by atoms with van der Waals surface area (Å²) in [7, 11) is 0. The molecule has 2 aromatic heterocycles. The first-order valence-electron chi connectivity index (χ1n) is 5.23. The van der Waals surface area contributed by atoms with Gasteiger partial charge in [0, 0.05) is 6.20 Å². The van der Waals surface area contributed by atoms with Gasteiger partial charge in [-0.2, -0.15) is 5.21 Å². The highest BCUT2D eigenvalue weighted by Gasteiger charge is 2.07. The second kappa shape index (κ2) is 5.07. The van der Waals surface area contributed by atoms with Gasteiger partial charge < -0.3 is 4.98 Å². The number of nitrogens with zero attached hydrogens (tertiary/aromatic N) is 3. The van der Waals surface area contributed by atoms with Crippen LogP contribution in [0, 0.1) is 0 Å². The van der Waals surface area contributed by atoms with Crippen LogP contribution in [-0.2, 0) is 0 Å². The number of rotatable bonds is 4. The first-order chi connectivity index (χ1) is 8.35. The van der Waals surface area contributed by atoms with Gasteiger partial charge in [0.25, 0.3) is 0 Å². The Morgan fingerprint density at radius 3 is 3.00 bits per heavy atom. The summed E-state index contributed by atoms with van der Waals surface area (Å²) >= 11 is 0. The van der Waals surface area contributed by atoms with E-state index in [4.69, 9.17) is 0 Å². The molecule has 0 saturated heterocycles. The molecular weight excluding hydrogens is 214 g/mol. The lowest BCUT2D eigenvalue weighted by atomic mass is 10.1. The second-order valence-corrected chi connectivity index (χ2v) is 3.40. The van der Waals surface area contributed by atoms with E-state index in [0.29, 0.717) is 5.82 Å². The summed E-state index contributed by atoms with van der Waals surface area (Å²) in [6, 6.07) is 1.97. The van der Waals surface area contributed by atoms with Crippen LogP contribution in [0.2, 0.25) is 0 Å². The fraction of sp³-hybridized carbons (Fsp3) is 0.0833. The molecule has 17 heavy (non-hydrogen) atoms. The third kappa shape index (κ3) is 2.39. The van der Waals surface area contributed by atoms with Gasteiger partial charge in [0.1, 0.15) is 0 Å². The highest BCUT2D eigenvalue weighted by atomic mass is 15.5. The number of hydrogen-bond acceptors (Lipinski definition) is 3. The van der Waals surface area contributed by atoms with Crippen molar-refractivity contribution >= 4 is 5.57 Å². The Hall–Kier alpha value is -2.43. The third-order valence-electron chi connectivity index (χ3n) is 2.25. The van der Waals surface area contributed by atoms with Crippen LogP contribution in [0.5, 0.6) is 0 Å². The van der Waals surface area contributed by atoms with Crippen molar-refractivity contribution in [1.29, 1.82) is 0 Å². The molecule has 0 atom stereocenters. The lowest BCUT2D eigenvalue weighted by molar-refractivity contribution is 0.881. The Morgan fingerprint density at radius 2 is 2.35 bits per heavy atom. The van der Waals surface area contributed by atoms with Crippen LogP contribution < -0.4 is 0 Å². The van der Waals surface area contributed by atoms with Crippen LogP contribution >= 0.6 is 0 Å². The van der Waals surface area contributed by atoms with E-state index in [1.807, 2.05) is 37.4 Å². The molecular formula is C12H13N5. The number of H-pyrrole nitrogens is 2. The molecule has 0 radical (unpaired) electrons. The van der Waals surface area contributed by atoms with E-state index in [9.17, 15) is 0 Å². The van der Waals surface area contributed by atoms with Crippen molar-refractivity contribution in [3.05, 3.63) is 48.7 Å². The molecule has 0 aliphatic rings. The molecule has 2 N–H and O–H groups in total. The minimum Gasteiger partial charge on any atom is -0.358 e. The predicted molar refractivity (Wildman–Crippen MR) is 67.0 cm³/mol. The molecule has 0 spiro atoms. The molecule has 5 nitrogen and oxygen atoms in total. The molecule has 2 rings (SSSR count). The molecule has 0 aliphatic carbocycles. The summed E-state index contributed by atoms with van der Waals surface area (Å²) in [6.07, 6.45) is 9.61. The van der Waals surface area contributed by atoms with Gasteiger partial charge in [-0.15, -0.1) is 10.2 Å². The van der Waals surface area contributed by atoms with Gasteiger partial charge in [-0.25, -0.2) is 0 Å². The van der Waals surface area contributed by atoms with E-state index >= 15 is 0 Å². The molecule has 5 heteroatoms. The normalized spacial score (nSPS) is 12.2. The molecule has 0 aliphatic heterocycles. The van der Waals surface area contributed by atoms with E-state index in [1.54, 1.807) is 6.08 Å². The number of aromatic nitrogens is 5. The van der Waals surface area contributed by atoms with Crippen molar-refractivity contribution in [2.75, 3.05) is 0 Å². The maximum absolute atomic E-state index is 3.92. The molecule has 0 unspecified atom stereocenters. The quantitative estimate of drug-likeness (QED) is 0.787. The van der Waals surface area contributed by atoms with Crippen molar-refractivity contribution in [2.24, 2.45) is 0 Å². The third-order valence-corrected chi connectivity index (χ3v) is 2.25. The molecule has 2 aromatic rings. The molecule has 86 valence electrons. The number of nitrogens with one attached hydrogen (secondary N) is 2. The van der Waals surface area contributed by atoms with Crippen molar-refractivity contribution in [1.82, 2.24) is 25.6 Å². The standard InChI is InChI=1S/C12H13N5/c1-3-5-9(6-4-2)10-7-11(13-8-10)12-14-16-17-15-12/h3-8,13H,1H2,2H3,(H,14,15,16,17)/b6-4-,9-5+. The zero-order valence-electron chi connectivity index (χ0n) is 9.51. The van der Waals surface area contributed by atoms with Crippen LogP contribution in [-0.4, -0.2) is 25.6 Å². The Morgan fingerprint density at radius 1 is 1.47 bits per heavy atom. The van der Waals surface area contributed by atoms with E-state index in [1.165, 1.54) is 0 Å². The maximum Gasteiger partial charge on any atom is 0.220 e. The summed E-state index contributed by atoms with van der Waals surface area (Å²) < 4.78 is 0.